The summed E-state index contributed by atoms with van der Waals surface area (Å²) in [6.07, 6.45) is -2.44. The van der Waals surface area contributed by atoms with Gasteiger partial charge in [0.05, 0.1) is 19.8 Å². The van der Waals surface area contributed by atoms with E-state index in [9.17, 15) is 13.2 Å². The van der Waals surface area contributed by atoms with E-state index < -0.39 is 12.3 Å². The Morgan fingerprint density at radius 3 is 2.92 bits per heavy atom. The van der Waals surface area contributed by atoms with Crippen molar-refractivity contribution in [1.29, 1.82) is 0 Å². The summed E-state index contributed by atoms with van der Waals surface area (Å²) in [5.41, 5.74) is 1.07. The predicted octanol–water partition coefficient (Wildman–Crippen LogP) is 2.22. The fraction of sp³-hybridized carbons (Fsp3) is 0.562. The average molecular weight is 371 g/mol. The molecule has 7 nitrogen and oxygen atoms in total. The maximum absolute atomic E-state index is 12.8. The summed E-state index contributed by atoms with van der Waals surface area (Å²) in [5.74, 6) is 0.734. The highest BCUT2D eigenvalue weighted by molar-refractivity contribution is 5.41. The molecule has 3 heterocycles. The van der Waals surface area contributed by atoms with Crippen LogP contribution in [-0.4, -0.2) is 58.3 Å². The molecule has 10 heteroatoms. The lowest BCUT2D eigenvalue weighted by Crippen LogP contribution is -2.49. The molecule has 0 radical (unpaired) electrons. The molecule has 2 aromatic heterocycles. The van der Waals surface area contributed by atoms with Crippen molar-refractivity contribution < 1.29 is 22.6 Å². The van der Waals surface area contributed by atoms with Crippen molar-refractivity contribution in [3.05, 3.63) is 30.4 Å². The van der Waals surface area contributed by atoms with Gasteiger partial charge in [0, 0.05) is 37.5 Å². The van der Waals surface area contributed by atoms with Crippen LogP contribution in [0.2, 0.25) is 0 Å². The van der Waals surface area contributed by atoms with Crippen molar-refractivity contribution in [3.8, 4) is 5.88 Å². The quantitative estimate of drug-likeness (QED) is 0.726. The van der Waals surface area contributed by atoms with Crippen LogP contribution >= 0.6 is 0 Å². The van der Waals surface area contributed by atoms with Crippen molar-refractivity contribution in [1.82, 2.24) is 19.7 Å². The number of nitrogens with zero attached hydrogens (tertiary/aromatic N) is 5. The topological polar surface area (TPSA) is 65.3 Å². The van der Waals surface area contributed by atoms with Gasteiger partial charge in [-0.25, -0.2) is 9.97 Å². The molecule has 1 aliphatic rings. The summed E-state index contributed by atoms with van der Waals surface area (Å²) in [6.45, 7) is 3.15. The summed E-state index contributed by atoms with van der Waals surface area (Å²) < 4.78 is 50.8. The molecule has 0 N–H and O–H groups in total. The number of hydrogen-bond donors (Lipinski definition) is 0. The second kappa shape index (κ2) is 7.90. The highest BCUT2D eigenvalue weighted by Crippen LogP contribution is 2.28. The zero-order chi connectivity index (χ0) is 18.6. The summed E-state index contributed by atoms with van der Waals surface area (Å²) in [6, 6.07) is 3.48. The van der Waals surface area contributed by atoms with Crippen molar-refractivity contribution in [2.75, 3.05) is 31.2 Å². The minimum absolute atomic E-state index is 0.00636. The lowest BCUT2D eigenvalue weighted by molar-refractivity contribution is -0.221. The molecule has 0 saturated carbocycles. The standard InChI is InChI=1S/C16H20F3N5O2/c1-12-3-4-22-24(12)5-2-7-26-15-9-14(20-11-21-15)23-6-8-25-13(10-23)16(17,18)19/h3-4,9,11,13H,2,5-8,10H2,1H3. The minimum atomic E-state index is -4.39. The summed E-state index contributed by atoms with van der Waals surface area (Å²) in [7, 11) is 0. The number of rotatable bonds is 6. The molecule has 0 aromatic carbocycles. The first-order chi connectivity index (χ1) is 12.4. The molecule has 0 aliphatic carbocycles. The lowest BCUT2D eigenvalue weighted by Gasteiger charge is -2.34. The summed E-state index contributed by atoms with van der Waals surface area (Å²) in [4.78, 5) is 9.61. The third kappa shape index (κ3) is 4.63. The van der Waals surface area contributed by atoms with Gasteiger partial charge in [0.1, 0.15) is 12.1 Å². The molecule has 1 atom stereocenters. The van der Waals surface area contributed by atoms with Gasteiger partial charge in [-0.3, -0.25) is 4.68 Å². The number of morpholine rings is 1. The number of ether oxygens (including phenoxy) is 2. The van der Waals surface area contributed by atoms with E-state index >= 15 is 0 Å². The smallest absolute Gasteiger partial charge is 0.416 e. The Morgan fingerprint density at radius 1 is 1.35 bits per heavy atom. The predicted molar refractivity (Wildman–Crippen MR) is 87.1 cm³/mol. The third-order valence-electron chi connectivity index (χ3n) is 4.08. The van der Waals surface area contributed by atoms with E-state index in [-0.39, 0.29) is 13.2 Å². The zero-order valence-corrected chi connectivity index (χ0v) is 14.3. The van der Waals surface area contributed by atoms with E-state index in [4.69, 9.17) is 9.47 Å². The van der Waals surface area contributed by atoms with Crippen molar-refractivity contribution >= 4 is 5.82 Å². The first-order valence-electron chi connectivity index (χ1n) is 8.30. The Morgan fingerprint density at radius 2 is 2.19 bits per heavy atom. The molecule has 26 heavy (non-hydrogen) atoms. The molecular formula is C16H20F3N5O2. The zero-order valence-electron chi connectivity index (χ0n) is 14.3. The van der Waals surface area contributed by atoms with Crippen LogP contribution in [-0.2, 0) is 11.3 Å². The summed E-state index contributed by atoms with van der Waals surface area (Å²) >= 11 is 0. The minimum Gasteiger partial charge on any atom is -0.477 e. The Hall–Kier alpha value is -2.36. The maximum atomic E-state index is 12.8. The van der Waals surface area contributed by atoms with Crippen LogP contribution < -0.4 is 9.64 Å². The number of hydrogen-bond acceptors (Lipinski definition) is 6. The largest absolute Gasteiger partial charge is 0.477 e. The molecule has 1 saturated heterocycles. The first-order valence-corrected chi connectivity index (χ1v) is 8.30. The highest BCUT2D eigenvalue weighted by Gasteiger charge is 2.43. The monoisotopic (exact) mass is 371 g/mol. The van der Waals surface area contributed by atoms with E-state index in [1.54, 1.807) is 12.3 Å². The fourth-order valence-corrected chi connectivity index (χ4v) is 2.66. The van der Waals surface area contributed by atoms with E-state index in [0.717, 1.165) is 12.1 Å². The van der Waals surface area contributed by atoms with Gasteiger partial charge in [0.15, 0.2) is 6.10 Å². The van der Waals surface area contributed by atoms with E-state index in [0.29, 0.717) is 31.4 Å². The van der Waals surface area contributed by atoms with Gasteiger partial charge in [-0.2, -0.15) is 18.3 Å². The molecular weight excluding hydrogens is 351 g/mol. The van der Waals surface area contributed by atoms with Crippen LogP contribution in [0.1, 0.15) is 12.1 Å². The second-order valence-corrected chi connectivity index (χ2v) is 5.96. The maximum Gasteiger partial charge on any atom is 0.416 e. The Kier molecular flexibility index (Phi) is 5.60. The molecule has 142 valence electrons. The summed E-state index contributed by atoms with van der Waals surface area (Å²) in [5, 5.41) is 4.19. The van der Waals surface area contributed by atoms with E-state index in [1.807, 2.05) is 17.7 Å². The van der Waals surface area contributed by atoms with Crippen LogP contribution in [0.25, 0.3) is 0 Å². The average Bonchev–Trinajstić information content (AvgIpc) is 3.03. The van der Waals surface area contributed by atoms with Crippen molar-refractivity contribution in [2.45, 2.75) is 32.2 Å². The normalized spacial score (nSPS) is 18.2. The fourth-order valence-electron chi connectivity index (χ4n) is 2.66. The van der Waals surface area contributed by atoms with Crippen LogP contribution in [0.15, 0.2) is 24.7 Å². The van der Waals surface area contributed by atoms with Gasteiger partial charge < -0.3 is 14.4 Å². The number of aromatic nitrogens is 4. The van der Waals surface area contributed by atoms with Crippen LogP contribution in [0.3, 0.4) is 0 Å². The van der Waals surface area contributed by atoms with Crippen LogP contribution in [0.4, 0.5) is 19.0 Å². The number of aryl methyl sites for hydroxylation is 2. The molecule has 3 rings (SSSR count). The van der Waals surface area contributed by atoms with Crippen LogP contribution in [0, 0.1) is 6.92 Å². The molecule has 0 bridgehead atoms. The van der Waals surface area contributed by atoms with Gasteiger partial charge in [0.2, 0.25) is 5.88 Å². The number of anilines is 1. The van der Waals surface area contributed by atoms with Gasteiger partial charge in [-0.15, -0.1) is 0 Å². The Labute approximate surface area is 148 Å². The molecule has 0 amide bonds. The van der Waals surface area contributed by atoms with E-state index in [1.165, 1.54) is 11.2 Å². The first kappa shape index (κ1) is 18.4. The lowest BCUT2D eigenvalue weighted by atomic mass is 10.2. The SMILES string of the molecule is Cc1ccnn1CCCOc1cc(N2CCOC(C(F)(F)F)C2)ncn1. The van der Waals surface area contributed by atoms with Gasteiger partial charge in [-0.05, 0) is 13.0 Å². The Balaban J connectivity index is 1.53. The van der Waals surface area contributed by atoms with Crippen LogP contribution in [0.5, 0.6) is 5.88 Å². The second-order valence-electron chi connectivity index (χ2n) is 5.96. The van der Waals surface area contributed by atoms with Crippen molar-refractivity contribution in [3.63, 3.8) is 0 Å². The van der Waals surface area contributed by atoms with Gasteiger partial charge in [-0.1, -0.05) is 0 Å². The van der Waals surface area contributed by atoms with E-state index in [2.05, 4.69) is 15.1 Å². The molecule has 1 unspecified atom stereocenters. The Bertz CT molecular complexity index is 722. The number of alkyl halides is 3. The highest BCUT2D eigenvalue weighted by atomic mass is 19.4. The third-order valence-corrected chi connectivity index (χ3v) is 4.08. The van der Waals surface area contributed by atoms with Crippen molar-refractivity contribution in [2.24, 2.45) is 0 Å². The molecule has 1 fully saturated rings. The molecule has 0 spiro atoms. The molecule has 2 aromatic rings. The number of halogens is 3. The molecule has 1 aliphatic heterocycles. The van der Waals surface area contributed by atoms with Gasteiger partial charge >= 0.3 is 6.18 Å². The van der Waals surface area contributed by atoms with Gasteiger partial charge in [0.25, 0.3) is 0 Å².